The molecule has 23 heavy (non-hydrogen) atoms. The number of hydrogen-bond donors (Lipinski definition) is 3. The second-order valence-corrected chi connectivity index (χ2v) is 6.45. The van der Waals surface area contributed by atoms with E-state index in [-0.39, 0.29) is 43.3 Å². The summed E-state index contributed by atoms with van der Waals surface area (Å²) in [7, 11) is 0. The first-order chi connectivity index (χ1) is 10.7. The molecule has 0 unspecified atom stereocenters. The molecule has 0 aliphatic rings. The van der Waals surface area contributed by atoms with Gasteiger partial charge in [0.2, 0.25) is 5.91 Å². The Morgan fingerprint density at radius 1 is 1.17 bits per heavy atom. The number of halogens is 1. The summed E-state index contributed by atoms with van der Waals surface area (Å²) in [5.41, 5.74) is 0.0224. The third-order valence-electron chi connectivity index (χ3n) is 3.38. The van der Waals surface area contributed by atoms with Crippen molar-refractivity contribution in [3.63, 3.8) is 0 Å². The summed E-state index contributed by atoms with van der Waals surface area (Å²) in [5.74, 6) is -0.392. The van der Waals surface area contributed by atoms with Crippen molar-refractivity contribution in [2.24, 2.45) is 0 Å². The Morgan fingerprint density at radius 2 is 1.83 bits per heavy atom. The molecule has 3 N–H and O–H groups in total. The summed E-state index contributed by atoms with van der Waals surface area (Å²) >= 11 is 0. The van der Waals surface area contributed by atoms with E-state index in [9.17, 15) is 14.0 Å². The number of hydrogen-bond acceptors (Lipinski definition) is 2. The van der Waals surface area contributed by atoms with Crippen molar-refractivity contribution in [2.45, 2.75) is 45.6 Å². The van der Waals surface area contributed by atoms with Crippen LogP contribution in [0.15, 0.2) is 24.3 Å². The van der Waals surface area contributed by atoms with Gasteiger partial charge < -0.3 is 16.0 Å². The number of benzene rings is 1. The summed E-state index contributed by atoms with van der Waals surface area (Å²) in [5, 5.41) is 8.08. The minimum Gasteiger partial charge on any atom is -0.354 e. The lowest BCUT2D eigenvalue weighted by molar-refractivity contribution is -0.121. The second-order valence-electron chi connectivity index (χ2n) is 6.45. The molecule has 0 heterocycles. The summed E-state index contributed by atoms with van der Waals surface area (Å²) in [6.45, 7) is 8.03. The average molecular weight is 323 g/mol. The fourth-order valence-electron chi connectivity index (χ4n) is 2.15. The predicted octanol–water partition coefficient (Wildman–Crippen LogP) is 2.32. The highest BCUT2D eigenvalue weighted by molar-refractivity contribution is 5.78. The van der Waals surface area contributed by atoms with E-state index in [1.807, 2.05) is 27.7 Å². The van der Waals surface area contributed by atoms with Gasteiger partial charge in [-0.2, -0.15) is 0 Å². The summed E-state index contributed by atoms with van der Waals surface area (Å²) < 4.78 is 13.8. The topological polar surface area (TPSA) is 70.2 Å². The Labute approximate surface area is 137 Å². The quantitative estimate of drug-likeness (QED) is 0.721. The Balaban J connectivity index is 2.38. The van der Waals surface area contributed by atoms with E-state index in [1.54, 1.807) is 18.2 Å². The van der Waals surface area contributed by atoms with Gasteiger partial charge in [-0.15, -0.1) is 0 Å². The number of urea groups is 1. The first kappa shape index (κ1) is 18.9. The zero-order valence-electron chi connectivity index (χ0n) is 14.2. The minimum absolute atomic E-state index is 0.0814. The molecule has 0 aliphatic carbocycles. The number of rotatable bonds is 7. The SMILES string of the molecule is CC(C)NC(=O)CCNC(=O)NCC(C)(C)c1ccccc1F. The lowest BCUT2D eigenvalue weighted by atomic mass is 9.84. The first-order valence-electron chi connectivity index (χ1n) is 7.78. The normalized spacial score (nSPS) is 11.2. The van der Waals surface area contributed by atoms with E-state index < -0.39 is 5.41 Å². The van der Waals surface area contributed by atoms with Crippen LogP contribution in [0.5, 0.6) is 0 Å². The van der Waals surface area contributed by atoms with Crippen molar-refractivity contribution < 1.29 is 14.0 Å². The van der Waals surface area contributed by atoms with Crippen LogP contribution in [0.25, 0.3) is 0 Å². The molecule has 6 heteroatoms. The van der Waals surface area contributed by atoms with Gasteiger partial charge in [0.15, 0.2) is 0 Å². The summed E-state index contributed by atoms with van der Waals surface area (Å²) in [6, 6.07) is 6.24. The molecule has 0 bridgehead atoms. The number of carbonyl (C=O) groups excluding carboxylic acids is 2. The van der Waals surface area contributed by atoms with E-state index in [4.69, 9.17) is 0 Å². The maximum absolute atomic E-state index is 13.8. The van der Waals surface area contributed by atoms with E-state index in [1.165, 1.54) is 6.07 Å². The summed E-state index contributed by atoms with van der Waals surface area (Å²) in [4.78, 5) is 23.2. The van der Waals surface area contributed by atoms with Crippen molar-refractivity contribution >= 4 is 11.9 Å². The van der Waals surface area contributed by atoms with Crippen LogP contribution in [-0.4, -0.2) is 31.1 Å². The third kappa shape index (κ3) is 6.67. The average Bonchev–Trinajstić information content (AvgIpc) is 2.44. The third-order valence-corrected chi connectivity index (χ3v) is 3.38. The Bertz CT molecular complexity index is 544. The zero-order chi connectivity index (χ0) is 17.5. The Morgan fingerprint density at radius 3 is 2.43 bits per heavy atom. The van der Waals surface area contributed by atoms with Gasteiger partial charge in [0.05, 0.1) is 0 Å². The molecule has 0 saturated heterocycles. The molecule has 0 aliphatic heterocycles. The van der Waals surface area contributed by atoms with Crippen molar-refractivity contribution in [2.75, 3.05) is 13.1 Å². The lowest BCUT2D eigenvalue weighted by Gasteiger charge is -2.26. The fourth-order valence-corrected chi connectivity index (χ4v) is 2.15. The van der Waals surface area contributed by atoms with Gasteiger partial charge in [0, 0.05) is 31.0 Å². The molecule has 0 spiro atoms. The Kier molecular flexibility index (Phi) is 7.00. The first-order valence-corrected chi connectivity index (χ1v) is 7.78. The maximum atomic E-state index is 13.8. The van der Waals surface area contributed by atoms with Crippen LogP contribution < -0.4 is 16.0 Å². The van der Waals surface area contributed by atoms with E-state index >= 15 is 0 Å². The number of amides is 3. The molecule has 1 rings (SSSR count). The zero-order valence-corrected chi connectivity index (χ0v) is 14.2. The molecule has 1 aromatic carbocycles. The van der Waals surface area contributed by atoms with Crippen LogP contribution in [0.1, 0.15) is 39.7 Å². The van der Waals surface area contributed by atoms with E-state index in [0.29, 0.717) is 5.56 Å². The molecule has 5 nitrogen and oxygen atoms in total. The highest BCUT2D eigenvalue weighted by Crippen LogP contribution is 2.24. The standard InChI is InChI=1S/C17H26FN3O2/c1-12(2)21-15(22)9-10-19-16(23)20-11-17(3,4)13-7-5-6-8-14(13)18/h5-8,12H,9-11H2,1-4H3,(H,21,22)(H2,19,20,23). The van der Waals surface area contributed by atoms with E-state index in [2.05, 4.69) is 16.0 Å². The molecule has 0 fully saturated rings. The monoisotopic (exact) mass is 323 g/mol. The molecule has 0 radical (unpaired) electrons. The van der Waals surface area contributed by atoms with Crippen LogP contribution in [0, 0.1) is 5.82 Å². The van der Waals surface area contributed by atoms with Gasteiger partial charge >= 0.3 is 6.03 Å². The molecular formula is C17H26FN3O2. The minimum atomic E-state index is -0.530. The van der Waals surface area contributed by atoms with Crippen molar-refractivity contribution in [1.82, 2.24) is 16.0 Å². The van der Waals surface area contributed by atoms with Gasteiger partial charge in [-0.3, -0.25) is 4.79 Å². The maximum Gasteiger partial charge on any atom is 0.314 e. The van der Waals surface area contributed by atoms with Crippen molar-refractivity contribution in [1.29, 1.82) is 0 Å². The van der Waals surface area contributed by atoms with E-state index in [0.717, 1.165) is 0 Å². The number of nitrogens with one attached hydrogen (secondary N) is 3. The second kappa shape index (κ2) is 8.50. The van der Waals surface area contributed by atoms with Crippen LogP contribution in [-0.2, 0) is 10.2 Å². The van der Waals surface area contributed by atoms with Gasteiger partial charge in [-0.05, 0) is 25.5 Å². The van der Waals surface area contributed by atoms with Crippen molar-refractivity contribution in [3.05, 3.63) is 35.6 Å². The van der Waals surface area contributed by atoms with Crippen LogP contribution >= 0.6 is 0 Å². The highest BCUT2D eigenvalue weighted by atomic mass is 19.1. The van der Waals surface area contributed by atoms with Gasteiger partial charge in [-0.1, -0.05) is 32.0 Å². The largest absolute Gasteiger partial charge is 0.354 e. The van der Waals surface area contributed by atoms with Gasteiger partial charge in [0.25, 0.3) is 0 Å². The van der Waals surface area contributed by atoms with Crippen molar-refractivity contribution in [3.8, 4) is 0 Å². The van der Waals surface area contributed by atoms with Gasteiger partial charge in [0.1, 0.15) is 5.82 Å². The Hall–Kier alpha value is -2.11. The van der Waals surface area contributed by atoms with Crippen LogP contribution in [0.3, 0.4) is 0 Å². The molecule has 1 aromatic rings. The fraction of sp³-hybridized carbons (Fsp3) is 0.529. The van der Waals surface area contributed by atoms with Crippen LogP contribution in [0.2, 0.25) is 0 Å². The predicted molar refractivity (Wildman–Crippen MR) is 88.7 cm³/mol. The summed E-state index contributed by atoms with van der Waals surface area (Å²) in [6.07, 6.45) is 0.225. The molecular weight excluding hydrogens is 297 g/mol. The van der Waals surface area contributed by atoms with Crippen LogP contribution in [0.4, 0.5) is 9.18 Å². The van der Waals surface area contributed by atoms with Gasteiger partial charge in [-0.25, -0.2) is 9.18 Å². The smallest absolute Gasteiger partial charge is 0.314 e. The molecule has 0 atom stereocenters. The molecule has 0 saturated carbocycles. The molecule has 0 aromatic heterocycles. The molecule has 3 amide bonds. The molecule has 128 valence electrons. The number of carbonyl (C=O) groups is 2. The highest BCUT2D eigenvalue weighted by Gasteiger charge is 2.24. The lowest BCUT2D eigenvalue weighted by Crippen LogP contribution is -2.43.